The van der Waals surface area contributed by atoms with Crippen molar-refractivity contribution < 1.29 is 40.3 Å². The summed E-state index contributed by atoms with van der Waals surface area (Å²) in [4.78, 5) is 21.5. The van der Waals surface area contributed by atoms with Gasteiger partial charge >= 0.3 is 16.4 Å². The lowest BCUT2D eigenvalue weighted by Gasteiger charge is -2.06. The molecule has 1 rings (SSSR count). The van der Waals surface area contributed by atoms with E-state index in [2.05, 4.69) is 9.50 Å². The summed E-state index contributed by atoms with van der Waals surface area (Å²) in [5.41, 5.74) is 0.225. The van der Waals surface area contributed by atoms with E-state index in [1.807, 2.05) is 0 Å². The molecule has 0 heterocycles. The minimum Gasteiger partial charge on any atom is -0.478 e. The van der Waals surface area contributed by atoms with Gasteiger partial charge in [-0.05, 0) is 24.3 Å². The summed E-state index contributed by atoms with van der Waals surface area (Å²) in [5, 5.41) is 10.7. The van der Waals surface area contributed by atoms with Crippen LogP contribution >= 0.6 is 0 Å². The van der Waals surface area contributed by atoms with Crippen molar-refractivity contribution in [2.75, 3.05) is 17.7 Å². The average Bonchev–Trinajstić information content (AvgIpc) is 2.44. The van der Waals surface area contributed by atoms with Gasteiger partial charge in [0.15, 0.2) is 9.84 Å². The first-order valence-electron chi connectivity index (χ1n) is 6.16. The van der Waals surface area contributed by atoms with E-state index in [-0.39, 0.29) is 10.6 Å². The maximum Gasteiger partial charge on any atom is 0.397 e. The second-order valence-corrected chi connectivity index (χ2v) is 7.45. The van der Waals surface area contributed by atoms with Crippen LogP contribution in [0.3, 0.4) is 0 Å². The molecule has 0 unspecified atom stereocenters. The smallest absolute Gasteiger partial charge is 0.397 e. The summed E-state index contributed by atoms with van der Waals surface area (Å²) in [7, 11) is -8.58. The topological polar surface area (TPSA) is 164 Å². The summed E-state index contributed by atoms with van der Waals surface area (Å²) >= 11 is 0. The molecule has 0 aliphatic rings. The minimum atomic E-state index is -4.72. The maximum absolute atomic E-state index is 11.9. The maximum atomic E-state index is 11.9. The molecule has 1 amide bonds. The third kappa shape index (κ3) is 7.32. The van der Waals surface area contributed by atoms with Gasteiger partial charge in [-0.25, -0.2) is 17.4 Å². The zero-order valence-electron chi connectivity index (χ0n) is 11.9. The first-order chi connectivity index (χ1) is 11.0. The normalized spacial score (nSPS) is 12.2. The van der Waals surface area contributed by atoms with Crippen molar-refractivity contribution in [3.63, 3.8) is 0 Å². The third-order valence-corrected chi connectivity index (χ3v) is 4.60. The van der Waals surface area contributed by atoms with Crippen molar-refractivity contribution in [3.8, 4) is 0 Å². The van der Waals surface area contributed by atoms with Gasteiger partial charge in [0.1, 0.15) is 0 Å². The molecule has 0 bridgehead atoms. The van der Waals surface area contributed by atoms with Gasteiger partial charge in [0, 0.05) is 17.8 Å². The zero-order chi connectivity index (χ0) is 18.4. The Bertz CT molecular complexity index is 839. The molecule has 0 saturated heterocycles. The van der Waals surface area contributed by atoms with Gasteiger partial charge in [-0.15, -0.1) is 0 Å². The fraction of sp³-hybridized carbons (Fsp3) is 0.167. The Morgan fingerprint density at radius 1 is 1.08 bits per heavy atom. The van der Waals surface area contributed by atoms with E-state index in [4.69, 9.17) is 9.66 Å². The molecule has 1 aromatic carbocycles. The van der Waals surface area contributed by atoms with Crippen LogP contribution in [0.25, 0.3) is 0 Å². The second kappa shape index (κ2) is 8.01. The SMILES string of the molecule is O=C(O)/C=C/C(=O)Nc1ccc(S(=O)(=O)CCOS(=O)(=O)O)cc1. The number of carbonyl (C=O) groups excluding carboxylic acids is 1. The molecule has 3 N–H and O–H groups in total. The molecule has 0 aliphatic heterocycles. The Hall–Kier alpha value is -2.28. The zero-order valence-corrected chi connectivity index (χ0v) is 13.6. The Kier molecular flexibility index (Phi) is 6.60. The van der Waals surface area contributed by atoms with Gasteiger partial charge in [-0.3, -0.25) is 9.35 Å². The van der Waals surface area contributed by atoms with E-state index < -0.39 is 44.5 Å². The third-order valence-electron chi connectivity index (χ3n) is 2.44. The van der Waals surface area contributed by atoms with Crippen molar-refractivity contribution in [2.45, 2.75) is 4.90 Å². The highest BCUT2D eigenvalue weighted by molar-refractivity contribution is 7.91. The van der Waals surface area contributed by atoms with Crippen LogP contribution in [0, 0.1) is 0 Å². The number of carboxylic acids is 1. The fourth-order valence-corrected chi connectivity index (χ4v) is 2.93. The molecule has 0 aliphatic carbocycles. The molecule has 132 valence electrons. The number of aliphatic carboxylic acids is 1. The van der Waals surface area contributed by atoms with Crippen LogP contribution < -0.4 is 5.32 Å². The Morgan fingerprint density at radius 3 is 2.17 bits per heavy atom. The first-order valence-corrected chi connectivity index (χ1v) is 9.18. The van der Waals surface area contributed by atoms with Crippen LogP contribution in [-0.4, -0.2) is 50.7 Å². The summed E-state index contributed by atoms with van der Waals surface area (Å²) in [6.07, 6.45) is 1.43. The van der Waals surface area contributed by atoms with E-state index >= 15 is 0 Å². The van der Waals surface area contributed by atoms with Gasteiger partial charge < -0.3 is 10.4 Å². The molecular formula is C12H13NO9S2. The molecule has 0 atom stereocenters. The molecule has 1 aromatic rings. The van der Waals surface area contributed by atoms with Crippen LogP contribution in [0.4, 0.5) is 5.69 Å². The Labute approximate surface area is 137 Å². The number of carbonyl (C=O) groups is 2. The molecular weight excluding hydrogens is 366 g/mol. The predicted molar refractivity (Wildman–Crippen MR) is 81.4 cm³/mol. The van der Waals surface area contributed by atoms with Gasteiger partial charge in [0.05, 0.1) is 17.3 Å². The molecule has 0 spiro atoms. The number of nitrogens with one attached hydrogen (secondary N) is 1. The van der Waals surface area contributed by atoms with Crippen LogP contribution in [0.1, 0.15) is 0 Å². The second-order valence-electron chi connectivity index (χ2n) is 4.25. The van der Waals surface area contributed by atoms with Crippen molar-refractivity contribution in [3.05, 3.63) is 36.4 Å². The number of rotatable bonds is 8. The number of amides is 1. The predicted octanol–water partition coefficient (Wildman–Crippen LogP) is -0.141. The summed E-state index contributed by atoms with van der Waals surface area (Å²) in [5.74, 6) is -2.69. The van der Waals surface area contributed by atoms with Gasteiger partial charge in [0.2, 0.25) is 5.91 Å². The lowest BCUT2D eigenvalue weighted by Crippen LogP contribution is -2.15. The van der Waals surface area contributed by atoms with E-state index in [0.717, 1.165) is 6.08 Å². The van der Waals surface area contributed by atoms with Crippen molar-refractivity contribution in [1.82, 2.24) is 0 Å². The number of carboxylic acid groups (broad SMARTS) is 1. The van der Waals surface area contributed by atoms with E-state index in [0.29, 0.717) is 6.08 Å². The average molecular weight is 379 g/mol. The van der Waals surface area contributed by atoms with Gasteiger partial charge in [-0.2, -0.15) is 8.42 Å². The van der Waals surface area contributed by atoms with E-state index in [9.17, 15) is 26.4 Å². The number of sulfone groups is 1. The van der Waals surface area contributed by atoms with Crippen LogP contribution in [0.15, 0.2) is 41.3 Å². The van der Waals surface area contributed by atoms with Gasteiger partial charge in [0.25, 0.3) is 0 Å². The summed E-state index contributed by atoms with van der Waals surface area (Å²) in [6.45, 7) is -0.750. The molecule has 0 radical (unpaired) electrons. The Morgan fingerprint density at radius 2 is 1.67 bits per heavy atom. The standard InChI is InChI=1S/C12H13NO9S2/c14-11(5-6-12(15)16)13-9-1-3-10(4-2-9)23(17,18)8-7-22-24(19,20)21/h1-6H,7-8H2,(H,13,14)(H,15,16)(H,19,20,21)/b6-5+. The summed E-state index contributed by atoms with van der Waals surface area (Å²) in [6, 6.07) is 4.87. The van der Waals surface area contributed by atoms with Crippen molar-refractivity contribution in [1.29, 1.82) is 0 Å². The van der Waals surface area contributed by atoms with Crippen LogP contribution in [-0.2, 0) is 34.0 Å². The molecule has 12 heteroatoms. The molecule has 0 fully saturated rings. The van der Waals surface area contributed by atoms with Crippen LogP contribution in [0.2, 0.25) is 0 Å². The lowest BCUT2D eigenvalue weighted by atomic mass is 10.3. The van der Waals surface area contributed by atoms with Gasteiger partial charge in [-0.1, -0.05) is 0 Å². The molecule has 0 aromatic heterocycles. The molecule has 24 heavy (non-hydrogen) atoms. The highest BCUT2D eigenvalue weighted by Gasteiger charge is 2.16. The van der Waals surface area contributed by atoms with E-state index in [1.165, 1.54) is 24.3 Å². The minimum absolute atomic E-state index is 0.152. The highest BCUT2D eigenvalue weighted by Crippen LogP contribution is 2.15. The lowest BCUT2D eigenvalue weighted by molar-refractivity contribution is -0.131. The largest absolute Gasteiger partial charge is 0.478 e. The van der Waals surface area contributed by atoms with Crippen LogP contribution in [0.5, 0.6) is 0 Å². The first kappa shape index (κ1) is 19.8. The molecule has 0 saturated carbocycles. The van der Waals surface area contributed by atoms with E-state index in [1.54, 1.807) is 0 Å². The van der Waals surface area contributed by atoms with Crippen molar-refractivity contribution >= 4 is 37.8 Å². The number of anilines is 1. The number of hydrogen-bond donors (Lipinski definition) is 3. The molecule has 10 nitrogen and oxygen atoms in total. The highest BCUT2D eigenvalue weighted by atomic mass is 32.3. The Balaban J connectivity index is 2.72. The number of benzene rings is 1. The summed E-state index contributed by atoms with van der Waals surface area (Å²) < 4.78 is 56.8. The quantitative estimate of drug-likeness (QED) is 0.412. The fourth-order valence-electron chi connectivity index (χ4n) is 1.44. The monoisotopic (exact) mass is 379 g/mol. The number of hydrogen-bond acceptors (Lipinski definition) is 7. The van der Waals surface area contributed by atoms with Crippen molar-refractivity contribution in [2.24, 2.45) is 0 Å².